The number of hydrogen-bond acceptors (Lipinski definition) is 3. The van der Waals surface area contributed by atoms with Gasteiger partial charge in [-0.2, -0.15) is 13.2 Å². The highest BCUT2D eigenvalue weighted by Crippen LogP contribution is 2.32. The highest BCUT2D eigenvalue weighted by atomic mass is 127. The van der Waals surface area contributed by atoms with E-state index in [9.17, 15) is 17.6 Å². The third-order valence-electron chi connectivity index (χ3n) is 5.11. The fraction of sp³-hybridized carbons (Fsp3) is 0.409. The lowest BCUT2D eigenvalue weighted by Gasteiger charge is -2.27. The first-order chi connectivity index (χ1) is 14.9. The minimum Gasteiger partial charge on any atom is -0.379 e. The molecule has 2 aromatic rings. The highest BCUT2D eigenvalue weighted by Gasteiger charge is 2.33. The molecule has 32 heavy (non-hydrogen) atoms. The molecule has 2 aromatic carbocycles. The lowest BCUT2D eigenvalue weighted by molar-refractivity contribution is -0.138. The molecule has 2 N–H and O–H groups in total. The number of morpholine rings is 1. The first kappa shape index (κ1) is 26.3. The molecule has 0 radical (unpaired) electrons. The Labute approximate surface area is 202 Å². The zero-order valence-corrected chi connectivity index (χ0v) is 20.0. The van der Waals surface area contributed by atoms with Crippen LogP contribution in [0.5, 0.6) is 0 Å². The van der Waals surface area contributed by atoms with Gasteiger partial charge < -0.3 is 15.4 Å². The maximum atomic E-state index is 13.3. The van der Waals surface area contributed by atoms with Crippen molar-refractivity contribution in [3.63, 3.8) is 0 Å². The SMILES string of the molecule is CN=C(NCc1ccccc1CN1CCOCC1)NCc1ccc(F)cc1C(F)(F)F.I. The van der Waals surface area contributed by atoms with E-state index >= 15 is 0 Å². The van der Waals surface area contributed by atoms with Crippen molar-refractivity contribution in [2.75, 3.05) is 33.4 Å². The number of nitrogens with zero attached hydrogens (tertiary/aromatic N) is 2. The molecule has 1 aliphatic rings. The molecular weight excluding hydrogens is 539 g/mol. The molecule has 10 heteroatoms. The van der Waals surface area contributed by atoms with Crippen LogP contribution in [0.4, 0.5) is 17.6 Å². The molecule has 0 aromatic heterocycles. The minimum atomic E-state index is -4.63. The van der Waals surface area contributed by atoms with Gasteiger partial charge in [0.2, 0.25) is 0 Å². The highest BCUT2D eigenvalue weighted by molar-refractivity contribution is 14.0. The summed E-state index contributed by atoms with van der Waals surface area (Å²) in [5.41, 5.74) is 1.20. The van der Waals surface area contributed by atoms with Crippen molar-refractivity contribution >= 4 is 29.9 Å². The van der Waals surface area contributed by atoms with Crippen molar-refractivity contribution in [2.45, 2.75) is 25.8 Å². The molecule has 1 heterocycles. The van der Waals surface area contributed by atoms with Crippen molar-refractivity contribution < 1.29 is 22.3 Å². The van der Waals surface area contributed by atoms with Gasteiger partial charge in [0.25, 0.3) is 0 Å². The summed E-state index contributed by atoms with van der Waals surface area (Å²) in [6.45, 7) is 4.34. The Morgan fingerprint density at radius 1 is 1.00 bits per heavy atom. The van der Waals surface area contributed by atoms with Crippen LogP contribution in [-0.4, -0.2) is 44.2 Å². The number of aliphatic imine (C=N–C) groups is 1. The van der Waals surface area contributed by atoms with Gasteiger partial charge in [-0.3, -0.25) is 9.89 Å². The Kier molecular flexibility index (Phi) is 10.2. The molecule has 5 nitrogen and oxygen atoms in total. The smallest absolute Gasteiger partial charge is 0.379 e. The Morgan fingerprint density at radius 3 is 2.25 bits per heavy atom. The molecule has 0 spiro atoms. The standard InChI is InChI=1S/C22H26F4N4O.HI/c1-27-21(29-14-17-6-7-19(23)12-20(17)22(24,25)26)28-13-16-4-2-3-5-18(16)15-30-8-10-31-11-9-30;/h2-7,12H,8-11,13-15H2,1H3,(H2,27,28,29);1H. The average molecular weight is 566 g/mol. The molecule has 0 unspecified atom stereocenters. The van der Waals surface area contributed by atoms with Crippen LogP contribution < -0.4 is 10.6 Å². The van der Waals surface area contributed by atoms with Crippen LogP contribution in [0, 0.1) is 5.82 Å². The zero-order valence-electron chi connectivity index (χ0n) is 17.7. The van der Waals surface area contributed by atoms with E-state index in [-0.39, 0.29) is 36.1 Å². The molecular formula is C22H27F4IN4O. The van der Waals surface area contributed by atoms with E-state index in [2.05, 4.69) is 26.6 Å². The Morgan fingerprint density at radius 2 is 1.62 bits per heavy atom. The third kappa shape index (κ3) is 7.59. The predicted octanol–water partition coefficient (Wildman–Crippen LogP) is 4.16. The van der Waals surface area contributed by atoms with Crippen LogP contribution in [-0.2, 0) is 30.5 Å². The minimum absolute atomic E-state index is 0. The number of benzene rings is 2. The van der Waals surface area contributed by atoms with E-state index < -0.39 is 17.6 Å². The van der Waals surface area contributed by atoms with Gasteiger partial charge in [0.05, 0.1) is 18.8 Å². The summed E-state index contributed by atoms with van der Waals surface area (Å²) >= 11 is 0. The average Bonchev–Trinajstić information content (AvgIpc) is 2.75. The van der Waals surface area contributed by atoms with Crippen molar-refractivity contribution in [3.8, 4) is 0 Å². The van der Waals surface area contributed by atoms with Gasteiger partial charge in [0.1, 0.15) is 5.82 Å². The monoisotopic (exact) mass is 566 g/mol. The van der Waals surface area contributed by atoms with Crippen molar-refractivity contribution in [1.82, 2.24) is 15.5 Å². The van der Waals surface area contributed by atoms with Crippen molar-refractivity contribution in [3.05, 3.63) is 70.5 Å². The summed E-state index contributed by atoms with van der Waals surface area (Å²) in [5, 5.41) is 6.02. The molecule has 1 fully saturated rings. The topological polar surface area (TPSA) is 48.9 Å². The van der Waals surface area contributed by atoms with Crippen LogP contribution in [0.2, 0.25) is 0 Å². The summed E-state index contributed by atoms with van der Waals surface area (Å²) in [6, 6.07) is 10.7. The van der Waals surface area contributed by atoms with E-state index in [1.165, 1.54) is 5.56 Å². The lowest BCUT2D eigenvalue weighted by Crippen LogP contribution is -2.38. The van der Waals surface area contributed by atoms with Crippen LogP contribution in [0.15, 0.2) is 47.5 Å². The van der Waals surface area contributed by atoms with Crippen LogP contribution in [0.1, 0.15) is 22.3 Å². The zero-order chi connectivity index (χ0) is 22.3. The molecule has 0 aliphatic carbocycles. The largest absolute Gasteiger partial charge is 0.416 e. The van der Waals surface area contributed by atoms with Gasteiger partial charge in [0.15, 0.2) is 5.96 Å². The summed E-state index contributed by atoms with van der Waals surface area (Å²) in [5.74, 6) is -0.561. The second-order valence-corrected chi connectivity index (χ2v) is 7.24. The molecule has 1 saturated heterocycles. The van der Waals surface area contributed by atoms with Gasteiger partial charge in [-0.15, -0.1) is 24.0 Å². The summed E-state index contributed by atoms with van der Waals surface area (Å²) in [6.07, 6.45) is -4.63. The van der Waals surface area contributed by atoms with Crippen LogP contribution in [0.25, 0.3) is 0 Å². The fourth-order valence-electron chi connectivity index (χ4n) is 3.43. The molecule has 0 saturated carbocycles. The van der Waals surface area contributed by atoms with Crippen molar-refractivity contribution in [1.29, 1.82) is 0 Å². The number of rotatable bonds is 6. The normalized spacial score (nSPS) is 15.2. The van der Waals surface area contributed by atoms with Gasteiger partial charge in [0, 0.05) is 39.8 Å². The lowest BCUT2D eigenvalue weighted by atomic mass is 10.1. The van der Waals surface area contributed by atoms with E-state index in [0.717, 1.165) is 50.5 Å². The van der Waals surface area contributed by atoms with Gasteiger partial charge in [-0.1, -0.05) is 30.3 Å². The van der Waals surface area contributed by atoms with E-state index in [0.29, 0.717) is 18.6 Å². The Bertz CT molecular complexity index is 902. The molecule has 0 bridgehead atoms. The fourth-order valence-corrected chi connectivity index (χ4v) is 3.43. The summed E-state index contributed by atoms with van der Waals surface area (Å²) in [7, 11) is 1.55. The number of ether oxygens (including phenoxy) is 1. The molecule has 1 aliphatic heterocycles. The van der Waals surface area contributed by atoms with Gasteiger partial charge in [-0.25, -0.2) is 4.39 Å². The van der Waals surface area contributed by atoms with E-state index in [4.69, 9.17) is 4.74 Å². The summed E-state index contributed by atoms with van der Waals surface area (Å²) < 4.78 is 58.2. The quantitative estimate of drug-likeness (QED) is 0.239. The van der Waals surface area contributed by atoms with Crippen LogP contribution >= 0.6 is 24.0 Å². The summed E-state index contributed by atoms with van der Waals surface area (Å²) in [4.78, 5) is 6.41. The van der Waals surface area contributed by atoms with Gasteiger partial charge >= 0.3 is 6.18 Å². The second kappa shape index (κ2) is 12.4. The van der Waals surface area contributed by atoms with Gasteiger partial charge in [-0.05, 0) is 28.8 Å². The Hall–Kier alpha value is -1.92. The third-order valence-corrected chi connectivity index (χ3v) is 5.11. The first-order valence-electron chi connectivity index (χ1n) is 10.0. The number of alkyl halides is 3. The number of hydrogen-bond donors (Lipinski definition) is 2. The molecule has 176 valence electrons. The molecule has 3 rings (SSSR count). The number of halogens is 5. The van der Waals surface area contributed by atoms with E-state index in [1.54, 1.807) is 7.05 Å². The second-order valence-electron chi connectivity index (χ2n) is 7.24. The van der Waals surface area contributed by atoms with E-state index in [1.807, 2.05) is 18.2 Å². The molecule has 0 atom stereocenters. The maximum Gasteiger partial charge on any atom is 0.416 e. The molecule has 0 amide bonds. The maximum absolute atomic E-state index is 13.3. The van der Waals surface area contributed by atoms with Crippen LogP contribution in [0.3, 0.4) is 0 Å². The number of nitrogens with one attached hydrogen (secondary N) is 2. The first-order valence-corrected chi connectivity index (χ1v) is 10.0. The van der Waals surface area contributed by atoms with Crippen molar-refractivity contribution in [2.24, 2.45) is 4.99 Å². The number of guanidine groups is 1. The Balaban J connectivity index is 0.00000363. The predicted molar refractivity (Wildman–Crippen MR) is 126 cm³/mol.